The van der Waals surface area contributed by atoms with Crippen molar-refractivity contribution in [2.24, 2.45) is 0 Å². The van der Waals surface area contributed by atoms with E-state index in [1.807, 2.05) is 0 Å². The van der Waals surface area contributed by atoms with Crippen LogP contribution in [0.4, 0.5) is 4.39 Å². The third-order valence-corrected chi connectivity index (χ3v) is 3.68. The monoisotopic (exact) mass is 257 g/mol. The van der Waals surface area contributed by atoms with Gasteiger partial charge in [-0.2, -0.15) is 0 Å². The van der Waals surface area contributed by atoms with E-state index in [2.05, 4.69) is 23.2 Å². The fourth-order valence-electron chi connectivity index (χ4n) is 2.66. The number of benzene rings is 1. The Morgan fingerprint density at radius 3 is 2.79 bits per heavy atom. The number of aryl methyl sites for hydroxylation is 2. The molecule has 0 spiro atoms. The van der Waals surface area contributed by atoms with E-state index in [4.69, 9.17) is 0 Å². The van der Waals surface area contributed by atoms with Gasteiger partial charge in [0.05, 0.1) is 18.0 Å². The molecule has 0 bridgehead atoms. The van der Waals surface area contributed by atoms with E-state index >= 15 is 0 Å². The Morgan fingerprint density at radius 2 is 2.00 bits per heavy atom. The summed E-state index contributed by atoms with van der Waals surface area (Å²) in [6, 6.07) is 9.26. The summed E-state index contributed by atoms with van der Waals surface area (Å²) in [5, 5.41) is 10.1. The number of nitrogens with zero attached hydrogens (tertiary/aromatic N) is 1. The number of hydrogen-bond donors (Lipinski definition) is 1. The lowest BCUT2D eigenvalue weighted by molar-refractivity contribution is 0.173. The molecule has 19 heavy (non-hydrogen) atoms. The van der Waals surface area contributed by atoms with Crippen LogP contribution in [0.25, 0.3) is 0 Å². The van der Waals surface area contributed by atoms with Crippen molar-refractivity contribution < 1.29 is 9.50 Å². The zero-order chi connectivity index (χ0) is 13.2. The highest BCUT2D eigenvalue weighted by Gasteiger charge is 2.14. The van der Waals surface area contributed by atoms with Crippen molar-refractivity contribution in [3.63, 3.8) is 0 Å². The summed E-state index contributed by atoms with van der Waals surface area (Å²) in [5.74, 6) is -0.381. The Bertz CT molecular complexity index is 580. The molecule has 1 aliphatic rings. The maximum absolute atomic E-state index is 12.8. The van der Waals surface area contributed by atoms with Gasteiger partial charge in [0, 0.05) is 6.42 Å². The minimum atomic E-state index is -0.681. The van der Waals surface area contributed by atoms with Crippen molar-refractivity contribution in [1.82, 2.24) is 4.98 Å². The smallest absolute Gasteiger partial charge is 0.141 e. The normalized spacial score (nSPS) is 15.3. The van der Waals surface area contributed by atoms with Crippen LogP contribution in [-0.2, 0) is 19.3 Å². The fraction of sp³-hybridized carbons (Fsp3) is 0.312. The molecule has 0 fully saturated rings. The molecule has 1 aromatic carbocycles. The summed E-state index contributed by atoms with van der Waals surface area (Å²) < 4.78 is 12.8. The highest BCUT2D eigenvalue weighted by Crippen LogP contribution is 2.25. The highest BCUT2D eigenvalue weighted by molar-refractivity contribution is 5.35. The Kier molecular flexibility index (Phi) is 3.30. The van der Waals surface area contributed by atoms with Gasteiger partial charge in [-0.05, 0) is 48.1 Å². The lowest BCUT2D eigenvalue weighted by Crippen LogP contribution is -2.04. The van der Waals surface area contributed by atoms with Crippen LogP contribution >= 0.6 is 0 Å². The van der Waals surface area contributed by atoms with Gasteiger partial charge in [-0.25, -0.2) is 4.39 Å². The maximum Gasteiger partial charge on any atom is 0.141 e. The zero-order valence-electron chi connectivity index (χ0n) is 10.6. The molecule has 1 unspecified atom stereocenters. The van der Waals surface area contributed by atoms with Crippen molar-refractivity contribution >= 4 is 0 Å². The van der Waals surface area contributed by atoms with Crippen LogP contribution in [0.2, 0.25) is 0 Å². The summed E-state index contributed by atoms with van der Waals surface area (Å²) >= 11 is 0. The summed E-state index contributed by atoms with van der Waals surface area (Å²) in [7, 11) is 0. The second-order valence-corrected chi connectivity index (χ2v) is 5.08. The molecule has 1 atom stereocenters. The molecule has 1 aliphatic carbocycles. The van der Waals surface area contributed by atoms with E-state index < -0.39 is 6.10 Å². The molecular weight excluding hydrogens is 241 g/mol. The van der Waals surface area contributed by atoms with Gasteiger partial charge in [0.1, 0.15) is 5.82 Å². The fourth-order valence-corrected chi connectivity index (χ4v) is 2.66. The first-order chi connectivity index (χ1) is 9.22. The first-order valence-corrected chi connectivity index (χ1v) is 6.62. The van der Waals surface area contributed by atoms with E-state index in [-0.39, 0.29) is 5.82 Å². The largest absolute Gasteiger partial charge is 0.386 e. The lowest BCUT2D eigenvalue weighted by Gasteiger charge is -2.11. The minimum Gasteiger partial charge on any atom is -0.386 e. The van der Waals surface area contributed by atoms with E-state index in [0.717, 1.165) is 24.6 Å². The predicted molar refractivity (Wildman–Crippen MR) is 71.3 cm³/mol. The van der Waals surface area contributed by atoms with Gasteiger partial charge in [-0.3, -0.25) is 4.98 Å². The van der Waals surface area contributed by atoms with Gasteiger partial charge in [0.2, 0.25) is 0 Å². The van der Waals surface area contributed by atoms with Gasteiger partial charge in [0.15, 0.2) is 0 Å². The molecule has 1 heterocycles. The van der Waals surface area contributed by atoms with Gasteiger partial charge in [0.25, 0.3) is 0 Å². The van der Waals surface area contributed by atoms with E-state index in [1.165, 1.54) is 29.7 Å². The second-order valence-electron chi connectivity index (χ2n) is 5.08. The van der Waals surface area contributed by atoms with Crippen LogP contribution in [0.5, 0.6) is 0 Å². The molecule has 1 aromatic heterocycles. The first-order valence-electron chi connectivity index (χ1n) is 6.62. The zero-order valence-corrected chi connectivity index (χ0v) is 10.6. The molecule has 1 N–H and O–H groups in total. The number of hydrogen-bond acceptors (Lipinski definition) is 2. The average Bonchev–Trinajstić information content (AvgIpc) is 2.87. The van der Waals surface area contributed by atoms with Crippen LogP contribution in [0.15, 0.2) is 36.5 Å². The number of rotatable bonds is 3. The van der Waals surface area contributed by atoms with Crippen LogP contribution in [0.1, 0.15) is 34.9 Å². The molecule has 3 rings (SSSR count). The Hall–Kier alpha value is -1.74. The van der Waals surface area contributed by atoms with E-state index in [1.54, 1.807) is 0 Å². The van der Waals surface area contributed by atoms with E-state index in [9.17, 15) is 9.50 Å². The van der Waals surface area contributed by atoms with Gasteiger partial charge in [-0.15, -0.1) is 0 Å². The number of pyridine rings is 1. The molecular formula is C16H16FNO. The maximum atomic E-state index is 12.8. The Balaban J connectivity index is 1.75. The number of aliphatic hydroxyl groups excluding tert-OH is 1. The standard InChI is InChI=1S/C16H16FNO/c17-14-6-7-15(18-10-14)16(19)9-11-4-5-12-2-1-3-13(12)8-11/h4-8,10,16,19H,1-3,9H2. The number of aromatic nitrogens is 1. The predicted octanol–water partition coefficient (Wildman–Crippen LogP) is 2.99. The minimum absolute atomic E-state index is 0.381. The van der Waals surface area contributed by atoms with Crippen molar-refractivity contribution in [2.45, 2.75) is 31.8 Å². The van der Waals surface area contributed by atoms with Crippen LogP contribution < -0.4 is 0 Å². The van der Waals surface area contributed by atoms with Crippen LogP contribution in [0, 0.1) is 5.82 Å². The second kappa shape index (κ2) is 5.10. The van der Waals surface area contributed by atoms with Crippen molar-refractivity contribution in [3.05, 3.63) is 64.7 Å². The summed E-state index contributed by atoms with van der Waals surface area (Å²) in [4.78, 5) is 3.92. The lowest BCUT2D eigenvalue weighted by atomic mass is 10.0. The quantitative estimate of drug-likeness (QED) is 0.917. The molecule has 0 amide bonds. The summed E-state index contributed by atoms with van der Waals surface area (Å²) in [6.45, 7) is 0. The molecule has 2 aromatic rings. The molecule has 0 aliphatic heterocycles. The number of fused-ring (bicyclic) bond motifs is 1. The highest BCUT2D eigenvalue weighted by atomic mass is 19.1. The van der Waals surface area contributed by atoms with Crippen LogP contribution in [-0.4, -0.2) is 10.1 Å². The number of aliphatic hydroxyl groups is 1. The van der Waals surface area contributed by atoms with Crippen molar-refractivity contribution in [2.75, 3.05) is 0 Å². The third kappa shape index (κ3) is 2.66. The topological polar surface area (TPSA) is 33.1 Å². The first kappa shape index (κ1) is 12.3. The van der Waals surface area contributed by atoms with Gasteiger partial charge >= 0.3 is 0 Å². The summed E-state index contributed by atoms with van der Waals surface area (Å²) in [6.07, 6.45) is 4.50. The molecule has 0 saturated heterocycles. The molecule has 0 radical (unpaired) electrons. The molecule has 0 saturated carbocycles. The number of halogens is 1. The Morgan fingerprint density at radius 1 is 1.16 bits per heavy atom. The SMILES string of the molecule is OC(Cc1ccc2c(c1)CCC2)c1ccc(F)cn1. The average molecular weight is 257 g/mol. The van der Waals surface area contributed by atoms with Gasteiger partial charge < -0.3 is 5.11 Å². The van der Waals surface area contributed by atoms with E-state index in [0.29, 0.717) is 12.1 Å². The molecule has 3 heteroatoms. The Labute approximate surface area is 111 Å². The third-order valence-electron chi connectivity index (χ3n) is 3.68. The van der Waals surface area contributed by atoms with Gasteiger partial charge in [-0.1, -0.05) is 18.2 Å². The van der Waals surface area contributed by atoms with Crippen LogP contribution in [0.3, 0.4) is 0 Å². The molecule has 2 nitrogen and oxygen atoms in total. The summed E-state index contributed by atoms with van der Waals surface area (Å²) in [5.41, 5.74) is 4.45. The molecule has 98 valence electrons. The van der Waals surface area contributed by atoms with Crippen molar-refractivity contribution in [1.29, 1.82) is 0 Å². The van der Waals surface area contributed by atoms with Crippen molar-refractivity contribution in [3.8, 4) is 0 Å².